The van der Waals surface area contributed by atoms with Crippen molar-refractivity contribution in [3.8, 4) is 0 Å². The van der Waals surface area contributed by atoms with Crippen LogP contribution in [0.2, 0.25) is 0 Å². The molecular weight excluding hydrogens is 229 g/mol. The average molecular weight is 253 g/mol. The molecule has 102 valence electrons. The summed E-state index contributed by atoms with van der Waals surface area (Å²) >= 11 is 0. The van der Waals surface area contributed by atoms with Gasteiger partial charge in [-0.2, -0.15) is 0 Å². The van der Waals surface area contributed by atoms with Gasteiger partial charge in [-0.15, -0.1) is 0 Å². The number of likely N-dealkylation sites (N-methyl/N-ethyl adjacent to an activating group) is 1. The lowest BCUT2D eigenvalue weighted by Gasteiger charge is -2.41. The van der Waals surface area contributed by atoms with Crippen LogP contribution in [0.5, 0.6) is 0 Å². The molecule has 0 aliphatic heterocycles. The zero-order valence-corrected chi connectivity index (χ0v) is 12.0. The van der Waals surface area contributed by atoms with E-state index in [0.717, 1.165) is 18.7 Å². The largest absolute Gasteiger partial charge is 0.386 e. The second-order valence-corrected chi connectivity index (χ2v) is 5.29. The van der Waals surface area contributed by atoms with Crippen molar-refractivity contribution < 1.29 is 9.50 Å². The zero-order valence-electron chi connectivity index (χ0n) is 12.0. The van der Waals surface area contributed by atoms with Crippen molar-refractivity contribution >= 4 is 0 Å². The molecule has 0 radical (unpaired) electrons. The maximum absolute atomic E-state index is 13.4. The smallest absolute Gasteiger partial charge is 0.123 e. The average Bonchev–Trinajstić information content (AvgIpc) is 2.27. The summed E-state index contributed by atoms with van der Waals surface area (Å²) in [7, 11) is 0. The molecule has 0 saturated heterocycles. The molecule has 0 bridgehead atoms. The van der Waals surface area contributed by atoms with Crippen molar-refractivity contribution in [1.29, 1.82) is 0 Å². The molecule has 1 N–H and O–H groups in total. The minimum atomic E-state index is -0.702. The predicted octanol–water partition coefficient (Wildman–Crippen LogP) is 3.29. The van der Waals surface area contributed by atoms with E-state index in [0.29, 0.717) is 5.56 Å². The summed E-state index contributed by atoms with van der Waals surface area (Å²) < 4.78 is 13.4. The minimum absolute atomic E-state index is 0.292. The van der Waals surface area contributed by atoms with E-state index >= 15 is 0 Å². The molecule has 0 amide bonds. The molecule has 0 heterocycles. The summed E-state index contributed by atoms with van der Waals surface area (Å²) in [6, 6.07) is 4.74. The Bertz CT molecular complexity index is 379. The van der Waals surface area contributed by atoms with Crippen molar-refractivity contribution in [3.63, 3.8) is 0 Å². The van der Waals surface area contributed by atoms with Crippen LogP contribution in [0.4, 0.5) is 4.39 Å². The fourth-order valence-electron chi connectivity index (χ4n) is 2.54. The number of aryl methyl sites for hydroxylation is 1. The maximum Gasteiger partial charge on any atom is 0.123 e. The van der Waals surface area contributed by atoms with Gasteiger partial charge in [0.2, 0.25) is 0 Å². The number of halogens is 1. The van der Waals surface area contributed by atoms with Gasteiger partial charge in [0.05, 0.1) is 6.10 Å². The molecular formula is C15H24FNO. The number of aliphatic hydroxyl groups excluding tert-OH is 1. The SMILES string of the molecule is CCN(CC)C(C)(C)C(O)c1cc(C)cc(F)c1. The van der Waals surface area contributed by atoms with Crippen LogP contribution < -0.4 is 0 Å². The fourth-order valence-corrected chi connectivity index (χ4v) is 2.54. The first-order chi connectivity index (χ1) is 8.32. The van der Waals surface area contributed by atoms with E-state index in [2.05, 4.69) is 18.7 Å². The summed E-state index contributed by atoms with van der Waals surface area (Å²) in [5.74, 6) is -0.292. The molecule has 1 aromatic carbocycles. The highest BCUT2D eigenvalue weighted by Crippen LogP contribution is 2.31. The van der Waals surface area contributed by atoms with E-state index in [1.54, 1.807) is 0 Å². The van der Waals surface area contributed by atoms with Crippen LogP contribution >= 0.6 is 0 Å². The van der Waals surface area contributed by atoms with Gasteiger partial charge < -0.3 is 5.11 Å². The van der Waals surface area contributed by atoms with Crippen LogP contribution in [0.1, 0.15) is 44.9 Å². The first-order valence-corrected chi connectivity index (χ1v) is 6.53. The summed E-state index contributed by atoms with van der Waals surface area (Å²) in [5.41, 5.74) is 1.06. The number of nitrogens with zero attached hydrogens (tertiary/aromatic N) is 1. The van der Waals surface area contributed by atoms with Crippen molar-refractivity contribution in [2.24, 2.45) is 0 Å². The van der Waals surface area contributed by atoms with Gasteiger partial charge in [-0.05, 0) is 57.1 Å². The third-order valence-corrected chi connectivity index (χ3v) is 3.63. The van der Waals surface area contributed by atoms with Crippen LogP contribution in [-0.4, -0.2) is 28.6 Å². The Kier molecular flexibility index (Phi) is 4.88. The zero-order chi connectivity index (χ0) is 13.9. The molecule has 0 spiro atoms. The summed E-state index contributed by atoms with van der Waals surface area (Å²) in [6.07, 6.45) is -0.702. The maximum atomic E-state index is 13.4. The Hall–Kier alpha value is -0.930. The molecule has 3 heteroatoms. The molecule has 0 aromatic heterocycles. The van der Waals surface area contributed by atoms with Gasteiger partial charge in [-0.3, -0.25) is 4.90 Å². The Morgan fingerprint density at radius 1 is 1.22 bits per heavy atom. The molecule has 1 unspecified atom stereocenters. The van der Waals surface area contributed by atoms with Gasteiger partial charge in [0, 0.05) is 5.54 Å². The van der Waals surface area contributed by atoms with Crippen molar-refractivity contribution in [3.05, 3.63) is 35.1 Å². The van der Waals surface area contributed by atoms with E-state index in [4.69, 9.17) is 0 Å². The highest BCUT2D eigenvalue weighted by molar-refractivity contribution is 5.27. The first kappa shape index (κ1) is 15.1. The minimum Gasteiger partial charge on any atom is -0.386 e. The van der Waals surface area contributed by atoms with E-state index in [-0.39, 0.29) is 5.82 Å². The van der Waals surface area contributed by atoms with Gasteiger partial charge in [0.1, 0.15) is 5.82 Å². The standard InChI is InChI=1S/C15H24FNO/c1-6-17(7-2)15(4,5)14(18)12-8-11(3)9-13(16)10-12/h8-10,14,18H,6-7H2,1-5H3. The van der Waals surface area contributed by atoms with Gasteiger partial charge >= 0.3 is 0 Å². The van der Waals surface area contributed by atoms with E-state index < -0.39 is 11.6 Å². The predicted molar refractivity (Wildman–Crippen MR) is 73.1 cm³/mol. The van der Waals surface area contributed by atoms with Crippen molar-refractivity contribution in [2.75, 3.05) is 13.1 Å². The molecule has 1 atom stereocenters. The van der Waals surface area contributed by atoms with E-state index in [9.17, 15) is 9.50 Å². The van der Waals surface area contributed by atoms with E-state index in [1.807, 2.05) is 26.8 Å². The molecule has 2 nitrogen and oxygen atoms in total. The Labute approximate surface area is 109 Å². The summed E-state index contributed by atoms with van der Waals surface area (Å²) in [5, 5.41) is 10.5. The van der Waals surface area contributed by atoms with E-state index in [1.165, 1.54) is 12.1 Å². The molecule has 0 aliphatic rings. The van der Waals surface area contributed by atoms with Gasteiger partial charge in [-0.25, -0.2) is 4.39 Å². The number of benzene rings is 1. The Balaban J connectivity index is 3.08. The van der Waals surface area contributed by atoms with Gasteiger partial charge in [0.25, 0.3) is 0 Å². The van der Waals surface area contributed by atoms with Crippen LogP contribution in [0.3, 0.4) is 0 Å². The van der Waals surface area contributed by atoms with Crippen molar-refractivity contribution in [1.82, 2.24) is 4.90 Å². The number of aliphatic hydroxyl groups is 1. The van der Waals surface area contributed by atoms with Gasteiger partial charge in [0.15, 0.2) is 0 Å². The quantitative estimate of drug-likeness (QED) is 0.870. The highest BCUT2D eigenvalue weighted by Gasteiger charge is 2.33. The number of rotatable bonds is 5. The third-order valence-electron chi connectivity index (χ3n) is 3.63. The monoisotopic (exact) mass is 253 g/mol. The summed E-state index contributed by atoms with van der Waals surface area (Å²) in [4.78, 5) is 2.18. The molecule has 0 fully saturated rings. The van der Waals surface area contributed by atoms with Crippen LogP contribution in [0, 0.1) is 12.7 Å². The Morgan fingerprint density at radius 2 is 1.78 bits per heavy atom. The lowest BCUT2D eigenvalue weighted by Crippen LogP contribution is -2.48. The van der Waals surface area contributed by atoms with Gasteiger partial charge in [-0.1, -0.05) is 19.9 Å². The second kappa shape index (κ2) is 5.81. The lowest BCUT2D eigenvalue weighted by atomic mass is 9.88. The fraction of sp³-hybridized carbons (Fsp3) is 0.600. The Morgan fingerprint density at radius 3 is 2.22 bits per heavy atom. The van der Waals surface area contributed by atoms with Crippen LogP contribution in [-0.2, 0) is 0 Å². The molecule has 18 heavy (non-hydrogen) atoms. The number of hydrogen-bond donors (Lipinski definition) is 1. The molecule has 0 saturated carbocycles. The van der Waals surface area contributed by atoms with Crippen LogP contribution in [0.25, 0.3) is 0 Å². The molecule has 0 aliphatic carbocycles. The molecule has 1 rings (SSSR count). The van der Waals surface area contributed by atoms with Crippen LogP contribution in [0.15, 0.2) is 18.2 Å². The third kappa shape index (κ3) is 3.09. The topological polar surface area (TPSA) is 23.5 Å². The van der Waals surface area contributed by atoms with Crippen molar-refractivity contribution in [2.45, 2.75) is 46.3 Å². The summed E-state index contributed by atoms with van der Waals surface area (Å²) in [6.45, 7) is 11.7. The lowest BCUT2D eigenvalue weighted by molar-refractivity contribution is -0.00643. The highest BCUT2D eigenvalue weighted by atomic mass is 19.1. The first-order valence-electron chi connectivity index (χ1n) is 6.53. The molecule has 1 aromatic rings. The normalized spacial score (nSPS) is 14.0. The second-order valence-electron chi connectivity index (χ2n) is 5.29. The number of hydrogen-bond acceptors (Lipinski definition) is 2.